The lowest BCUT2D eigenvalue weighted by molar-refractivity contribution is 0.0560. The van der Waals surface area contributed by atoms with Crippen LogP contribution < -0.4 is 9.47 Å². The van der Waals surface area contributed by atoms with Crippen molar-refractivity contribution in [1.29, 1.82) is 0 Å². The molecule has 4 aromatic rings. The molecule has 5 rings (SSSR count). The molecule has 0 saturated carbocycles. The fraction of sp³-hybridized carbons (Fsp3) is 0.138. The summed E-state index contributed by atoms with van der Waals surface area (Å²) < 4.78 is 78.0. The average molecular weight is 601 g/mol. The predicted molar refractivity (Wildman–Crippen MR) is 143 cm³/mol. The SMILES string of the molecule is COC(=O)c1ccc(COc2cccc(C3SC(c4ccc(F)cc4)=NN3C(=O)c3c(F)cc(F)cc3F)c2OC)o1. The molecule has 0 saturated heterocycles. The molecule has 42 heavy (non-hydrogen) atoms. The van der Waals surface area contributed by atoms with E-state index in [0.29, 0.717) is 29.0 Å². The van der Waals surface area contributed by atoms with E-state index in [2.05, 4.69) is 9.84 Å². The lowest BCUT2D eigenvalue weighted by Gasteiger charge is -2.24. The topological polar surface area (TPSA) is 90.6 Å². The Bertz CT molecular complexity index is 1670. The highest BCUT2D eigenvalue weighted by atomic mass is 32.2. The second-order valence-electron chi connectivity index (χ2n) is 8.70. The lowest BCUT2D eigenvalue weighted by Crippen LogP contribution is -2.28. The molecule has 1 aliphatic heterocycles. The van der Waals surface area contributed by atoms with Crippen molar-refractivity contribution in [1.82, 2.24) is 5.01 Å². The van der Waals surface area contributed by atoms with Crippen LogP contribution in [0.2, 0.25) is 0 Å². The molecule has 0 bridgehead atoms. The number of rotatable bonds is 8. The van der Waals surface area contributed by atoms with E-state index < -0.39 is 46.1 Å². The zero-order valence-electron chi connectivity index (χ0n) is 21.9. The molecule has 1 aromatic heterocycles. The average Bonchev–Trinajstić information content (AvgIpc) is 3.63. The molecular weight excluding hydrogens is 580 g/mol. The molecule has 2 heterocycles. The summed E-state index contributed by atoms with van der Waals surface area (Å²) in [7, 11) is 2.58. The number of hydrazone groups is 1. The van der Waals surface area contributed by atoms with Crippen LogP contribution in [0.3, 0.4) is 0 Å². The molecule has 0 radical (unpaired) electrons. The van der Waals surface area contributed by atoms with Crippen LogP contribution in [-0.4, -0.2) is 36.1 Å². The number of nitrogens with zero attached hydrogens (tertiary/aromatic N) is 2. The number of ether oxygens (including phenoxy) is 3. The number of hydrogen-bond donors (Lipinski definition) is 0. The van der Waals surface area contributed by atoms with E-state index in [0.717, 1.165) is 16.8 Å². The Hall–Kier alpha value is -4.78. The number of carbonyl (C=O) groups is 2. The zero-order valence-corrected chi connectivity index (χ0v) is 22.7. The van der Waals surface area contributed by atoms with Crippen molar-refractivity contribution in [2.45, 2.75) is 12.0 Å². The van der Waals surface area contributed by atoms with Gasteiger partial charge in [0.2, 0.25) is 5.76 Å². The van der Waals surface area contributed by atoms with E-state index in [1.54, 1.807) is 18.2 Å². The molecule has 1 unspecified atom stereocenters. The Morgan fingerprint density at radius 3 is 2.33 bits per heavy atom. The van der Waals surface area contributed by atoms with Crippen LogP contribution >= 0.6 is 11.8 Å². The number of amides is 1. The number of thioether (sulfide) groups is 1. The Morgan fingerprint density at radius 1 is 0.952 bits per heavy atom. The van der Waals surface area contributed by atoms with Crippen molar-refractivity contribution >= 4 is 28.7 Å². The van der Waals surface area contributed by atoms with Gasteiger partial charge in [-0.1, -0.05) is 23.9 Å². The Balaban J connectivity index is 1.51. The van der Waals surface area contributed by atoms with Gasteiger partial charge in [0.1, 0.15) is 51.6 Å². The van der Waals surface area contributed by atoms with E-state index in [1.165, 1.54) is 50.6 Å². The largest absolute Gasteiger partial charge is 0.492 e. The molecular formula is C29H20F4N2O6S. The van der Waals surface area contributed by atoms with Crippen LogP contribution in [0.1, 0.15) is 43.2 Å². The number of furan rings is 1. The summed E-state index contributed by atoms with van der Waals surface area (Å²) in [6.07, 6.45) is 0. The first-order valence-electron chi connectivity index (χ1n) is 12.2. The van der Waals surface area contributed by atoms with Crippen LogP contribution in [0.15, 0.2) is 76.2 Å². The first-order chi connectivity index (χ1) is 20.2. The summed E-state index contributed by atoms with van der Waals surface area (Å²) in [5.74, 6) is -5.65. The molecule has 1 aliphatic rings. The molecule has 1 atom stereocenters. The summed E-state index contributed by atoms with van der Waals surface area (Å²) in [6.45, 7) is -0.111. The number of halogens is 4. The quantitative estimate of drug-likeness (QED) is 0.169. The number of hydrogen-bond acceptors (Lipinski definition) is 8. The normalized spacial score (nSPS) is 14.5. The number of methoxy groups -OCH3 is 2. The summed E-state index contributed by atoms with van der Waals surface area (Å²) in [4.78, 5) is 25.2. The third kappa shape index (κ3) is 5.68. The van der Waals surface area contributed by atoms with Gasteiger partial charge in [-0.3, -0.25) is 4.79 Å². The molecule has 3 aromatic carbocycles. The van der Waals surface area contributed by atoms with Crippen LogP contribution in [-0.2, 0) is 11.3 Å². The number of benzene rings is 3. The van der Waals surface area contributed by atoms with Crippen LogP contribution in [0.5, 0.6) is 11.5 Å². The van der Waals surface area contributed by atoms with Gasteiger partial charge in [0, 0.05) is 23.3 Å². The van der Waals surface area contributed by atoms with Crippen molar-refractivity contribution in [3.8, 4) is 11.5 Å². The van der Waals surface area contributed by atoms with E-state index in [9.17, 15) is 27.2 Å². The first-order valence-corrected chi connectivity index (χ1v) is 13.0. The maximum atomic E-state index is 14.6. The fourth-order valence-corrected chi connectivity index (χ4v) is 5.30. The summed E-state index contributed by atoms with van der Waals surface area (Å²) >= 11 is 1.04. The van der Waals surface area contributed by atoms with Gasteiger partial charge >= 0.3 is 5.97 Å². The van der Waals surface area contributed by atoms with E-state index in [1.807, 2.05) is 0 Å². The van der Waals surface area contributed by atoms with Crippen molar-refractivity contribution in [2.24, 2.45) is 5.10 Å². The maximum Gasteiger partial charge on any atom is 0.373 e. The molecule has 8 nitrogen and oxygen atoms in total. The van der Waals surface area contributed by atoms with Crippen molar-refractivity contribution in [3.63, 3.8) is 0 Å². The monoisotopic (exact) mass is 600 g/mol. The van der Waals surface area contributed by atoms with E-state index in [-0.39, 0.29) is 28.9 Å². The van der Waals surface area contributed by atoms with Crippen molar-refractivity contribution in [3.05, 3.63) is 118 Å². The minimum atomic E-state index is -1.40. The minimum absolute atomic E-state index is 0.0148. The molecule has 0 spiro atoms. The highest BCUT2D eigenvalue weighted by Gasteiger charge is 2.39. The Labute approximate surface area is 240 Å². The second kappa shape index (κ2) is 12.0. The van der Waals surface area contributed by atoms with Crippen molar-refractivity contribution in [2.75, 3.05) is 14.2 Å². The Morgan fingerprint density at radius 2 is 1.67 bits per heavy atom. The molecule has 0 aliphatic carbocycles. The van der Waals surface area contributed by atoms with Gasteiger partial charge in [0.15, 0.2) is 11.5 Å². The smallest absolute Gasteiger partial charge is 0.373 e. The van der Waals surface area contributed by atoms with Gasteiger partial charge in [0.25, 0.3) is 5.91 Å². The van der Waals surface area contributed by atoms with Gasteiger partial charge in [-0.15, -0.1) is 0 Å². The number of esters is 1. The first kappa shape index (κ1) is 28.7. The van der Waals surface area contributed by atoms with E-state index in [4.69, 9.17) is 13.9 Å². The van der Waals surface area contributed by atoms with Gasteiger partial charge in [-0.2, -0.15) is 5.10 Å². The highest BCUT2D eigenvalue weighted by Crippen LogP contribution is 2.48. The van der Waals surface area contributed by atoms with Gasteiger partial charge < -0.3 is 18.6 Å². The van der Waals surface area contributed by atoms with E-state index >= 15 is 0 Å². The highest BCUT2D eigenvalue weighted by molar-refractivity contribution is 8.14. The summed E-state index contributed by atoms with van der Waals surface area (Å²) in [5.41, 5.74) is -0.226. The molecule has 1 amide bonds. The number of carbonyl (C=O) groups excluding carboxylic acids is 2. The summed E-state index contributed by atoms with van der Waals surface area (Å²) in [5, 5.41) is 4.37. The third-order valence-corrected chi connectivity index (χ3v) is 7.28. The third-order valence-electron chi connectivity index (χ3n) is 6.06. The van der Waals surface area contributed by atoms with Crippen LogP contribution in [0, 0.1) is 23.3 Å². The Kier molecular flexibility index (Phi) is 8.20. The molecule has 0 fully saturated rings. The standard InChI is InChI=1S/C29H20F4N2O6S/c1-38-25-19(4-3-5-22(25)40-14-18-10-11-23(41-18)29(37)39-2)28-35(27(36)24-20(32)12-17(31)13-21(24)33)34-26(42-28)15-6-8-16(30)9-7-15/h3-13,28H,14H2,1-2H3. The van der Waals surface area contributed by atoms with Gasteiger partial charge in [-0.05, 0) is 42.5 Å². The fourth-order valence-electron chi connectivity index (χ4n) is 4.13. The summed E-state index contributed by atoms with van der Waals surface area (Å²) in [6, 6.07) is 13.8. The minimum Gasteiger partial charge on any atom is -0.492 e. The predicted octanol–water partition coefficient (Wildman–Crippen LogP) is 6.46. The lowest BCUT2D eigenvalue weighted by atomic mass is 10.1. The maximum absolute atomic E-state index is 14.6. The molecule has 216 valence electrons. The van der Waals surface area contributed by atoms with Crippen LogP contribution in [0.4, 0.5) is 17.6 Å². The second-order valence-corrected chi connectivity index (χ2v) is 9.77. The van der Waals surface area contributed by atoms with Crippen molar-refractivity contribution < 1.29 is 45.8 Å². The van der Waals surface area contributed by atoms with Gasteiger partial charge in [-0.25, -0.2) is 27.4 Å². The van der Waals surface area contributed by atoms with Crippen LogP contribution in [0.25, 0.3) is 0 Å². The van der Waals surface area contributed by atoms with Gasteiger partial charge in [0.05, 0.1) is 14.2 Å². The molecule has 13 heteroatoms. The molecule has 0 N–H and O–H groups in total. The zero-order chi connectivity index (χ0) is 30.0. The number of para-hydroxylation sites is 1.